The van der Waals surface area contributed by atoms with Crippen molar-refractivity contribution in [1.29, 1.82) is 0 Å². The average Bonchev–Trinajstić information content (AvgIpc) is 2.49. The number of fused-ring (bicyclic) bond motifs is 1. The zero-order valence-corrected chi connectivity index (χ0v) is 10.6. The highest BCUT2D eigenvalue weighted by Gasteiger charge is 2.03. The predicted octanol–water partition coefficient (Wildman–Crippen LogP) is 4.25. The van der Waals surface area contributed by atoms with E-state index < -0.39 is 0 Å². The van der Waals surface area contributed by atoms with Crippen molar-refractivity contribution in [2.24, 2.45) is 0 Å². The molecule has 0 bridgehead atoms. The Labute approximate surface area is 115 Å². The van der Waals surface area contributed by atoms with Crippen molar-refractivity contribution < 1.29 is 9.50 Å². The lowest BCUT2D eigenvalue weighted by Crippen LogP contribution is -1.82. The minimum Gasteiger partial charge on any atom is -0.506 e. The number of hydrogen-bond acceptors (Lipinski definition) is 2. The van der Waals surface area contributed by atoms with Gasteiger partial charge in [0.2, 0.25) is 0 Å². The van der Waals surface area contributed by atoms with Crippen LogP contribution >= 0.6 is 0 Å². The molecule has 0 aliphatic carbocycles. The molecule has 0 saturated carbocycles. The van der Waals surface area contributed by atoms with Gasteiger partial charge in [-0.15, -0.1) is 0 Å². The lowest BCUT2D eigenvalue weighted by Gasteiger charge is -2.03. The van der Waals surface area contributed by atoms with Crippen LogP contribution in [0.5, 0.6) is 5.75 Å². The fourth-order valence-electron chi connectivity index (χ4n) is 2.09. The molecule has 0 aliphatic heterocycles. The van der Waals surface area contributed by atoms with Crippen LogP contribution in [0.4, 0.5) is 4.39 Å². The molecule has 0 aliphatic rings. The van der Waals surface area contributed by atoms with Crippen molar-refractivity contribution in [3.63, 3.8) is 0 Å². The Balaban J connectivity index is 2.03. The Hall–Kier alpha value is -2.68. The molecule has 2 nitrogen and oxygen atoms in total. The van der Waals surface area contributed by atoms with Crippen LogP contribution in [-0.2, 0) is 0 Å². The first-order valence-corrected chi connectivity index (χ1v) is 6.24. The summed E-state index contributed by atoms with van der Waals surface area (Å²) >= 11 is 0. The van der Waals surface area contributed by atoms with Crippen LogP contribution in [0.3, 0.4) is 0 Å². The largest absolute Gasteiger partial charge is 0.506 e. The molecule has 0 fully saturated rings. The zero-order valence-electron chi connectivity index (χ0n) is 10.6. The summed E-state index contributed by atoms with van der Waals surface area (Å²) in [5.74, 6) is -0.0824. The Morgan fingerprint density at radius 3 is 2.55 bits per heavy atom. The van der Waals surface area contributed by atoms with Gasteiger partial charge in [-0.1, -0.05) is 36.4 Å². The molecule has 3 heteroatoms. The lowest BCUT2D eigenvalue weighted by molar-refractivity contribution is 0.480. The van der Waals surface area contributed by atoms with Gasteiger partial charge in [0.15, 0.2) is 0 Å². The van der Waals surface area contributed by atoms with Crippen molar-refractivity contribution in [1.82, 2.24) is 4.98 Å². The van der Waals surface area contributed by atoms with Crippen LogP contribution < -0.4 is 0 Å². The van der Waals surface area contributed by atoms with Crippen LogP contribution in [0.25, 0.3) is 23.1 Å². The molecule has 0 amide bonds. The highest BCUT2D eigenvalue weighted by Crippen LogP contribution is 2.26. The number of phenolic OH excluding ortho intramolecular Hbond substituents is 1. The van der Waals surface area contributed by atoms with Gasteiger partial charge in [0.1, 0.15) is 17.1 Å². The maximum atomic E-state index is 12.8. The Morgan fingerprint density at radius 1 is 0.950 bits per heavy atom. The first-order chi connectivity index (χ1) is 9.74. The number of aromatic nitrogens is 1. The third kappa shape index (κ3) is 2.38. The van der Waals surface area contributed by atoms with E-state index in [4.69, 9.17) is 0 Å². The highest BCUT2D eigenvalue weighted by molar-refractivity contribution is 5.93. The molecule has 0 saturated heterocycles. The summed E-state index contributed by atoms with van der Waals surface area (Å²) in [7, 11) is 0. The van der Waals surface area contributed by atoms with Gasteiger partial charge in [0, 0.05) is 11.6 Å². The Morgan fingerprint density at radius 2 is 1.75 bits per heavy atom. The number of pyridine rings is 1. The number of rotatable bonds is 2. The average molecular weight is 265 g/mol. The van der Waals surface area contributed by atoms with Gasteiger partial charge in [-0.25, -0.2) is 4.39 Å². The van der Waals surface area contributed by atoms with Gasteiger partial charge in [-0.3, -0.25) is 4.98 Å². The minimum atomic E-state index is -0.249. The van der Waals surface area contributed by atoms with Gasteiger partial charge in [0.25, 0.3) is 0 Å². The maximum Gasteiger partial charge on any atom is 0.141 e. The number of phenols is 1. The summed E-state index contributed by atoms with van der Waals surface area (Å²) in [5.41, 5.74) is 2.44. The standard InChI is InChI=1S/C17H12FNO/c18-14-8-4-12(5-9-14)3-6-13-7-10-16(20)17-15(13)2-1-11-19-17/h1-11,20H. The fourth-order valence-corrected chi connectivity index (χ4v) is 2.09. The topological polar surface area (TPSA) is 33.1 Å². The molecule has 2 aromatic carbocycles. The minimum absolute atomic E-state index is 0.166. The van der Waals surface area contributed by atoms with Crippen molar-refractivity contribution in [3.05, 3.63) is 71.7 Å². The van der Waals surface area contributed by atoms with E-state index in [-0.39, 0.29) is 11.6 Å². The van der Waals surface area contributed by atoms with Crippen LogP contribution in [0, 0.1) is 5.82 Å². The molecule has 0 unspecified atom stereocenters. The normalized spacial score (nSPS) is 11.2. The molecule has 1 heterocycles. The van der Waals surface area contributed by atoms with Gasteiger partial charge >= 0.3 is 0 Å². The second-order valence-corrected chi connectivity index (χ2v) is 4.46. The van der Waals surface area contributed by atoms with E-state index in [1.807, 2.05) is 30.4 Å². The maximum absolute atomic E-state index is 12.8. The Bertz CT molecular complexity index is 779. The molecule has 3 rings (SSSR count). The smallest absolute Gasteiger partial charge is 0.141 e. The molecule has 1 N–H and O–H groups in total. The second kappa shape index (κ2) is 5.13. The molecule has 0 atom stereocenters. The molecule has 3 aromatic rings. The van der Waals surface area contributed by atoms with E-state index in [0.29, 0.717) is 5.52 Å². The molecule has 0 radical (unpaired) electrons. The van der Waals surface area contributed by atoms with E-state index in [9.17, 15) is 9.50 Å². The van der Waals surface area contributed by atoms with E-state index >= 15 is 0 Å². The molecule has 98 valence electrons. The van der Waals surface area contributed by atoms with Crippen molar-refractivity contribution in [3.8, 4) is 5.75 Å². The first kappa shape index (κ1) is 12.4. The third-order valence-corrected chi connectivity index (χ3v) is 3.11. The number of hydrogen-bond donors (Lipinski definition) is 1. The van der Waals surface area contributed by atoms with Crippen LogP contribution in [-0.4, -0.2) is 10.1 Å². The number of nitrogens with zero attached hydrogens (tertiary/aromatic N) is 1. The molecule has 0 spiro atoms. The number of halogens is 1. The van der Waals surface area contributed by atoms with Crippen molar-refractivity contribution in [2.75, 3.05) is 0 Å². The fraction of sp³-hybridized carbons (Fsp3) is 0. The van der Waals surface area contributed by atoms with Gasteiger partial charge in [-0.2, -0.15) is 0 Å². The summed E-state index contributed by atoms with van der Waals surface area (Å²) in [5, 5.41) is 10.7. The van der Waals surface area contributed by atoms with Crippen molar-refractivity contribution >= 4 is 23.1 Å². The first-order valence-electron chi connectivity index (χ1n) is 6.24. The summed E-state index contributed by atoms with van der Waals surface area (Å²) in [6.07, 6.45) is 5.48. The van der Waals surface area contributed by atoms with Gasteiger partial charge < -0.3 is 5.11 Å². The van der Waals surface area contributed by atoms with E-state index in [1.54, 1.807) is 24.4 Å². The second-order valence-electron chi connectivity index (χ2n) is 4.46. The SMILES string of the molecule is Oc1ccc(C=Cc2ccc(F)cc2)c2cccnc12. The molecule has 1 aromatic heterocycles. The monoisotopic (exact) mass is 265 g/mol. The van der Waals surface area contributed by atoms with Gasteiger partial charge in [-0.05, 0) is 35.4 Å². The van der Waals surface area contributed by atoms with E-state index in [2.05, 4.69) is 4.98 Å². The number of benzene rings is 2. The third-order valence-electron chi connectivity index (χ3n) is 3.11. The molecule has 20 heavy (non-hydrogen) atoms. The van der Waals surface area contributed by atoms with Crippen LogP contribution in [0.15, 0.2) is 54.7 Å². The van der Waals surface area contributed by atoms with Gasteiger partial charge in [0.05, 0.1) is 0 Å². The number of aromatic hydroxyl groups is 1. The van der Waals surface area contributed by atoms with E-state index in [0.717, 1.165) is 16.5 Å². The van der Waals surface area contributed by atoms with E-state index in [1.165, 1.54) is 12.1 Å². The summed E-state index contributed by atoms with van der Waals surface area (Å²) < 4.78 is 12.8. The molecular weight excluding hydrogens is 253 g/mol. The lowest BCUT2D eigenvalue weighted by atomic mass is 10.1. The summed E-state index contributed by atoms with van der Waals surface area (Å²) in [6.45, 7) is 0. The predicted molar refractivity (Wildman–Crippen MR) is 78.7 cm³/mol. The zero-order chi connectivity index (χ0) is 13.9. The quantitative estimate of drug-likeness (QED) is 0.703. The summed E-state index contributed by atoms with van der Waals surface area (Å²) in [4.78, 5) is 4.17. The van der Waals surface area contributed by atoms with Crippen LogP contribution in [0.2, 0.25) is 0 Å². The summed E-state index contributed by atoms with van der Waals surface area (Å²) in [6, 6.07) is 13.5. The van der Waals surface area contributed by atoms with Crippen molar-refractivity contribution in [2.45, 2.75) is 0 Å². The molecular formula is C17H12FNO. The highest BCUT2D eigenvalue weighted by atomic mass is 19.1. The van der Waals surface area contributed by atoms with Crippen LogP contribution in [0.1, 0.15) is 11.1 Å². The Kier molecular flexibility index (Phi) is 3.17.